The van der Waals surface area contributed by atoms with E-state index >= 15 is 0 Å². The number of nitrogens with one attached hydrogen (secondary N) is 1. The molecule has 0 saturated heterocycles. The number of rotatable bonds is 6. The van der Waals surface area contributed by atoms with Crippen molar-refractivity contribution in [1.29, 1.82) is 0 Å². The average molecular weight is 411 g/mol. The predicted octanol–water partition coefficient (Wildman–Crippen LogP) is 2.07. The molecular weight excluding hydrogens is 396 g/mol. The van der Waals surface area contributed by atoms with Crippen molar-refractivity contribution in [3.05, 3.63) is 58.3 Å². The van der Waals surface area contributed by atoms with E-state index in [4.69, 9.17) is 16.7 Å². The smallest absolute Gasteiger partial charge is 0.244 e. The van der Waals surface area contributed by atoms with Crippen LogP contribution in [0.1, 0.15) is 11.3 Å². The van der Waals surface area contributed by atoms with Crippen LogP contribution in [-0.4, -0.2) is 30.3 Å². The topological polar surface area (TPSA) is 107 Å². The van der Waals surface area contributed by atoms with Gasteiger partial charge in [-0.15, -0.1) is 11.3 Å². The summed E-state index contributed by atoms with van der Waals surface area (Å²) in [7, 11) is -3.69. The van der Waals surface area contributed by atoms with Crippen LogP contribution >= 0.6 is 22.9 Å². The zero-order valence-electron chi connectivity index (χ0n) is 13.4. The molecule has 0 aliphatic carbocycles. The molecule has 3 aromatic rings. The van der Waals surface area contributed by atoms with E-state index in [9.17, 15) is 13.2 Å². The van der Waals surface area contributed by atoms with Gasteiger partial charge in [-0.2, -0.15) is 0 Å². The summed E-state index contributed by atoms with van der Waals surface area (Å²) in [5, 5.41) is 10.0. The van der Waals surface area contributed by atoms with E-state index < -0.39 is 10.0 Å². The molecule has 0 aliphatic heterocycles. The Morgan fingerprint density at radius 2 is 2.08 bits per heavy atom. The van der Waals surface area contributed by atoms with Gasteiger partial charge in [0.15, 0.2) is 10.1 Å². The quantitative estimate of drug-likeness (QED) is 0.606. The molecule has 0 unspecified atom stereocenters. The number of carbonyl (C=O) groups excluding carboxylic acids is 1. The van der Waals surface area contributed by atoms with Crippen molar-refractivity contribution in [2.45, 2.75) is 11.3 Å². The SMILES string of the molecule is NS(=O)(=O)c1ccc(CCNC(=O)/C=C/c2c(Cl)nc3sccn23)cc1. The van der Waals surface area contributed by atoms with E-state index in [0.29, 0.717) is 23.8 Å². The van der Waals surface area contributed by atoms with Crippen molar-refractivity contribution in [1.82, 2.24) is 14.7 Å². The Bertz CT molecular complexity index is 1070. The molecule has 0 bridgehead atoms. The van der Waals surface area contributed by atoms with Crippen LogP contribution < -0.4 is 10.5 Å². The van der Waals surface area contributed by atoms with Gasteiger partial charge in [0.25, 0.3) is 0 Å². The molecule has 2 heterocycles. The highest BCUT2D eigenvalue weighted by Crippen LogP contribution is 2.22. The first kappa shape index (κ1) is 18.6. The number of nitrogens with zero attached hydrogens (tertiary/aromatic N) is 2. The maximum absolute atomic E-state index is 11.9. The monoisotopic (exact) mass is 410 g/mol. The Labute approximate surface area is 159 Å². The van der Waals surface area contributed by atoms with Gasteiger partial charge in [-0.25, -0.2) is 18.5 Å². The molecule has 10 heteroatoms. The largest absolute Gasteiger partial charge is 0.352 e. The van der Waals surface area contributed by atoms with Crippen molar-refractivity contribution in [3.8, 4) is 0 Å². The van der Waals surface area contributed by atoms with Crippen LogP contribution in [0.3, 0.4) is 0 Å². The molecular formula is C16H15ClN4O3S2. The molecule has 136 valence electrons. The zero-order valence-corrected chi connectivity index (χ0v) is 15.8. The van der Waals surface area contributed by atoms with Gasteiger partial charge in [0, 0.05) is 24.2 Å². The van der Waals surface area contributed by atoms with E-state index in [1.54, 1.807) is 18.2 Å². The lowest BCUT2D eigenvalue weighted by Gasteiger charge is -2.04. The third kappa shape index (κ3) is 4.31. The normalized spacial score (nSPS) is 12.1. The first-order valence-electron chi connectivity index (χ1n) is 7.53. The highest BCUT2D eigenvalue weighted by atomic mass is 35.5. The summed E-state index contributed by atoms with van der Waals surface area (Å²) in [4.78, 5) is 16.9. The minimum absolute atomic E-state index is 0.0608. The lowest BCUT2D eigenvalue weighted by atomic mass is 10.1. The molecule has 0 aliphatic rings. The molecule has 3 N–H and O–H groups in total. The number of fused-ring (bicyclic) bond motifs is 1. The van der Waals surface area contributed by atoms with Gasteiger partial charge in [0.2, 0.25) is 15.9 Å². The van der Waals surface area contributed by atoms with Crippen molar-refractivity contribution in [2.24, 2.45) is 5.14 Å². The highest BCUT2D eigenvalue weighted by molar-refractivity contribution is 7.89. The number of sulfonamides is 1. The summed E-state index contributed by atoms with van der Waals surface area (Å²) >= 11 is 7.52. The molecule has 26 heavy (non-hydrogen) atoms. The number of imidazole rings is 1. The van der Waals surface area contributed by atoms with Gasteiger partial charge < -0.3 is 5.32 Å². The van der Waals surface area contributed by atoms with E-state index in [-0.39, 0.29) is 10.8 Å². The summed E-state index contributed by atoms with van der Waals surface area (Å²) < 4.78 is 24.2. The summed E-state index contributed by atoms with van der Waals surface area (Å²) in [6.45, 7) is 0.409. The van der Waals surface area contributed by atoms with Gasteiger partial charge in [-0.3, -0.25) is 9.20 Å². The van der Waals surface area contributed by atoms with Gasteiger partial charge in [0.05, 0.1) is 10.6 Å². The van der Waals surface area contributed by atoms with E-state index in [1.165, 1.54) is 29.5 Å². The van der Waals surface area contributed by atoms with Crippen molar-refractivity contribution in [3.63, 3.8) is 0 Å². The van der Waals surface area contributed by atoms with Crippen LogP contribution in [-0.2, 0) is 21.2 Å². The minimum Gasteiger partial charge on any atom is -0.352 e. The highest BCUT2D eigenvalue weighted by Gasteiger charge is 2.09. The molecule has 0 saturated carbocycles. The Hall–Kier alpha value is -2.20. The fourth-order valence-corrected chi connectivity index (χ4v) is 3.84. The second-order valence-electron chi connectivity index (χ2n) is 5.41. The number of thiazole rings is 1. The maximum Gasteiger partial charge on any atom is 0.244 e. The van der Waals surface area contributed by atoms with Gasteiger partial charge in [0.1, 0.15) is 0 Å². The number of hydrogen-bond acceptors (Lipinski definition) is 5. The first-order chi connectivity index (χ1) is 12.3. The fraction of sp³-hybridized carbons (Fsp3) is 0.125. The van der Waals surface area contributed by atoms with E-state index in [2.05, 4.69) is 10.3 Å². The molecule has 2 aromatic heterocycles. The molecule has 1 amide bonds. The number of halogens is 1. The number of nitrogens with two attached hydrogens (primary N) is 1. The average Bonchev–Trinajstić information content (AvgIpc) is 3.13. The van der Waals surface area contributed by atoms with Crippen molar-refractivity contribution in [2.75, 3.05) is 6.54 Å². The summed E-state index contributed by atoms with van der Waals surface area (Å²) in [6.07, 6.45) is 5.41. The molecule has 3 rings (SSSR count). The molecule has 0 fully saturated rings. The Balaban J connectivity index is 1.54. The fourth-order valence-electron chi connectivity index (χ4n) is 2.32. The predicted molar refractivity (Wildman–Crippen MR) is 102 cm³/mol. The zero-order chi connectivity index (χ0) is 18.7. The van der Waals surface area contributed by atoms with E-state index in [0.717, 1.165) is 10.5 Å². The number of amides is 1. The first-order valence-corrected chi connectivity index (χ1v) is 10.3. The van der Waals surface area contributed by atoms with E-state index in [1.807, 2.05) is 16.0 Å². The second-order valence-corrected chi connectivity index (χ2v) is 8.20. The third-order valence-corrected chi connectivity index (χ3v) is 5.58. The Morgan fingerprint density at radius 3 is 2.77 bits per heavy atom. The summed E-state index contributed by atoms with van der Waals surface area (Å²) in [6, 6.07) is 6.22. The molecule has 0 spiro atoms. The van der Waals surface area contributed by atoms with Crippen molar-refractivity contribution >= 4 is 49.9 Å². The molecule has 1 aromatic carbocycles. The van der Waals surface area contributed by atoms with Crippen LogP contribution in [0.4, 0.5) is 0 Å². The molecule has 0 atom stereocenters. The number of aromatic nitrogens is 2. The van der Waals surface area contributed by atoms with Gasteiger partial charge in [-0.1, -0.05) is 23.7 Å². The van der Waals surface area contributed by atoms with Crippen LogP contribution in [0.15, 0.2) is 46.8 Å². The van der Waals surface area contributed by atoms with Crippen LogP contribution in [0.2, 0.25) is 5.15 Å². The summed E-state index contributed by atoms with van der Waals surface area (Å²) in [5.74, 6) is -0.257. The number of hydrogen-bond donors (Lipinski definition) is 2. The Morgan fingerprint density at radius 1 is 1.35 bits per heavy atom. The van der Waals surface area contributed by atoms with Crippen LogP contribution in [0, 0.1) is 0 Å². The number of benzene rings is 1. The molecule has 0 radical (unpaired) electrons. The second kappa shape index (κ2) is 7.58. The van der Waals surface area contributed by atoms with Crippen LogP contribution in [0.25, 0.3) is 11.0 Å². The number of primary sulfonamides is 1. The lowest BCUT2D eigenvalue weighted by molar-refractivity contribution is -0.116. The minimum atomic E-state index is -3.69. The van der Waals surface area contributed by atoms with Crippen LogP contribution in [0.5, 0.6) is 0 Å². The van der Waals surface area contributed by atoms with Crippen molar-refractivity contribution < 1.29 is 13.2 Å². The molecule has 7 nitrogen and oxygen atoms in total. The standard InChI is InChI=1S/C16H15ClN4O3S2/c17-15-13(21-9-10-25-16(21)20-15)5-6-14(22)19-8-7-11-1-3-12(4-2-11)26(18,23)24/h1-6,9-10H,7-8H2,(H,19,22)(H2,18,23,24)/b6-5+. The Kier molecular flexibility index (Phi) is 5.42. The van der Waals surface area contributed by atoms with Gasteiger partial charge in [-0.05, 0) is 30.2 Å². The number of carbonyl (C=O) groups is 1. The third-order valence-electron chi connectivity index (χ3n) is 3.61. The lowest BCUT2D eigenvalue weighted by Crippen LogP contribution is -2.23. The maximum atomic E-state index is 11.9. The van der Waals surface area contributed by atoms with Gasteiger partial charge >= 0.3 is 0 Å². The summed E-state index contributed by atoms with van der Waals surface area (Å²) in [5.41, 5.74) is 1.54.